The number of ether oxygens (including phenoxy) is 1. The molecule has 0 atom stereocenters. The third kappa shape index (κ3) is 2.22. The molecule has 1 aromatic carbocycles. The Balaban J connectivity index is 2.12. The highest BCUT2D eigenvalue weighted by Crippen LogP contribution is 2.36. The third-order valence-electron chi connectivity index (χ3n) is 2.72. The van der Waals surface area contributed by atoms with Crippen LogP contribution in [0.1, 0.15) is 0 Å². The number of hydrogen-bond donors (Lipinski definition) is 1. The highest BCUT2D eigenvalue weighted by molar-refractivity contribution is 7.22. The van der Waals surface area contributed by atoms with Crippen molar-refractivity contribution in [3.05, 3.63) is 35.5 Å². The van der Waals surface area contributed by atoms with Gasteiger partial charge in [-0.1, -0.05) is 11.6 Å². The number of anilines is 1. The van der Waals surface area contributed by atoms with Gasteiger partial charge in [-0.3, -0.25) is 0 Å². The lowest BCUT2D eigenvalue weighted by molar-refractivity contribution is 0.415. The second-order valence-corrected chi connectivity index (χ2v) is 5.34. The Morgan fingerprint density at radius 3 is 2.63 bits per heavy atom. The molecule has 19 heavy (non-hydrogen) atoms. The Kier molecular flexibility index (Phi) is 3.00. The number of nitrogen functional groups attached to an aromatic ring is 1. The Morgan fingerprint density at radius 1 is 1.21 bits per heavy atom. The first kappa shape index (κ1) is 12.2. The second-order valence-electron chi connectivity index (χ2n) is 3.93. The fourth-order valence-corrected chi connectivity index (χ4v) is 3.09. The van der Waals surface area contributed by atoms with Crippen molar-refractivity contribution >= 4 is 39.1 Å². The summed E-state index contributed by atoms with van der Waals surface area (Å²) in [7, 11) is 1.65. The van der Waals surface area contributed by atoms with Crippen molar-refractivity contribution in [2.24, 2.45) is 0 Å². The zero-order chi connectivity index (χ0) is 13.4. The molecule has 0 spiro atoms. The van der Waals surface area contributed by atoms with Gasteiger partial charge in [-0.05, 0) is 35.9 Å². The van der Waals surface area contributed by atoms with E-state index in [-0.39, 0.29) is 5.95 Å². The summed E-state index contributed by atoms with van der Waals surface area (Å²) in [6, 6.07) is 9.79. The lowest BCUT2D eigenvalue weighted by Gasteiger charge is -2.00. The van der Waals surface area contributed by atoms with Crippen molar-refractivity contribution in [1.82, 2.24) is 9.97 Å². The minimum Gasteiger partial charge on any atom is -0.497 e. The van der Waals surface area contributed by atoms with Crippen molar-refractivity contribution in [2.45, 2.75) is 0 Å². The van der Waals surface area contributed by atoms with E-state index in [1.54, 1.807) is 18.4 Å². The van der Waals surface area contributed by atoms with Crippen LogP contribution in [0.5, 0.6) is 5.75 Å². The maximum absolute atomic E-state index is 6.07. The molecule has 3 aromatic rings. The van der Waals surface area contributed by atoms with Gasteiger partial charge in [-0.2, -0.15) is 4.98 Å². The fourth-order valence-electron chi connectivity index (χ4n) is 1.81. The zero-order valence-corrected chi connectivity index (χ0v) is 11.6. The van der Waals surface area contributed by atoms with E-state index in [2.05, 4.69) is 9.97 Å². The first-order valence-corrected chi connectivity index (χ1v) is 6.74. The molecule has 3 rings (SSSR count). The van der Waals surface area contributed by atoms with Crippen LogP contribution < -0.4 is 10.5 Å². The number of rotatable bonds is 2. The van der Waals surface area contributed by atoms with E-state index < -0.39 is 0 Å². The minimum atomic E-state index is 0.191. The van der Waals surface area contributed by atoms with E-state index >= 15 is 0 Å². The molecule has 0 aliphatic heterocycles. The first-order chi connectivity index (χ1) is 9.17. The maximum Gasteiger partial charge on any atom is 0.222 e. The molecule has 4 nitrogen and oxygen atoms in total. The van der Waals surface area contributed by atoms with Crippen LogP contribution in [0.2, 0.25) is 5.15 Å². The molecule has 0 radical (unpaired) electrons. The number of nitrogens with two attached hydrogens (primary N) is 1. The van der Waals surface area contributed by atoms with E-state index in [1.165, 1.54) is 0 Å². The number of nitrogens with zero attached hydrogens (tertiary/aromatic N) is 2. The number of aromatic nitrogens is 2. The van der Waals surface area contributed by atoms with Gasteiger partial charge in [-0.15, -0.1) is 11.3 Å². The molecule has 0 saturated carbocycles. The summed E-state index contributed by atoms with van der Waals surface area (Å²) in [5.41, 5.74) is 7.45. The maximum atomic E-state index is 6.07. The molecule has 2 heterocycles. The van der Waals surface area contributed by atoms with Crippen molar-refractivity contribution in [2.75, 3.05) is 12.8 Å². The normalized spacial score (nSPS) is 10.8. The monoisotopic (exact) mass is 291 g/mol. The van der Waals surface area contributed by atoms with Gasteiger partial charge in [0.1, 0.15) is 5.75 Å². The lowest BCUT2D eigenvalue weighted by atomic mass is 10.2. The first-order valence-electron chi connectivity index (χ1n) is 5.54. The summed E-state index contributed by atoms with van der Waals surface area (Å²) in [5.74, 6) is 1.02. The van der Waals surface area contributed by atoms with Gasteiger partial charge in [0.25, 0.3) is 0 Å². The molecule has 0 aliphatic carbocycles. The standard InChI is InChI=1S/C13H10ClN3OS/c1-18-8-4-2-7(3-5-8)10-6-9-11(19-10)12(14)17-13(15)16-9/h2-6H,1H3,(H2,15,16,17). The average Bonchev–Trinajstić information content (AvgIpc) is 2.83. The molecule has 96 valence electrons. The fraction of sp³-hybridized carbons (Fsp3) is 0.0769. The molecule has 0 fully saturated rings. The number of benzene rings is 1. The van der Waals surface area contributed by atoms with Gasteiger partial charge in [0.15, 0.2) is 5.15 Å². The van der Waals surface area contributed by atoms with Gasteiger partial charge in [0, 0.05) is 4.88 Å². The van der Waals surface area contributed by atoms with Crippen LogP contribution in [-0.2, 0) is 0 Å². The molecule has 0 unspecified atom stereocenters. The summed E-state index contributed by atoms with van der Waals surface area (Å²) in [6.45, 7) is 0. The van der Waals surface area contributed by atoms with Gasteiger partial charge in [0.05, 0.1) is 17.3 Å². The summed E-state index contributed by atoms with van der Waals surface area (Å²) < 4.78 is 5.99. The SMILES string of the molecule is COc1ccc(-c2cc3nc(N)nc(Cl)c3s2)cc1. The van der Waals surface area contributed by atoms with E-state index in [1.807, 2.05) is 30.3 Å². The largest absolute Gasteiger partial charge is 0.497 e. The lowest BCUT2D eigenvalue weighted by Crippen LogP contribution is -1.93. The molecule has 0 bridgehead atoms. The number of fused-ring (bicyclic) bond motifs is 1. The summed E-state index contributed by atoms with van der Waals surface area (Å²) in [5, 5.41) is 0.396. The van der Waals surface area contributed by atoms with Crippen LogP contribution in [0.3, 0.4) is 0 Å². The Labute approximate surface area is 118 Å². The van der Waals surface area contributed by atoms with E-state index in [0.29, 0.717) is 5.15 Å². The Bertz CT molecular complexity index is 739. The highest BCUT2D eigenvalue weighted by Gasteiger charge is 2.10. The summed E-state index contributed by atoms with van der Waals surface area (Å²) >= 11 is 7.62. The highest BCUT2D eigenvalue weighted by atomic mass is 35.5. The molecule has 0 aliphatic rings. The Hall–Kier alpha value is -1.85. The van der Waals surface area contributed by atoms with Crippen LogP contribution >= 0.6 is 22.9 Å². The van der Waals surface area contributed by atoms with E-state index in [0.717, 1.165) is 26.4 Å². The summed E-state index contributed by atoms with van der Waals surface area (Å²) in [6.07, 6.45) is 0. The van der Waals surface area contributed by atoms with Crippen molar-refractivity contribution in [3.8, 4) is 16.2 Å². The van der Waals surface area contributed by atoms with E-state index in [9.17, 15) is 0 Å². The molecular weight excluding hydrogens is 282 g/mol. The average molecular weight is 292 g/mol. The minimum absolute atomic E-state index is 0.191. The molecular formula is C13H10ClN3OS. The van der Waals surface area contributed by atoms with E-state index in [4.69, 9.17) is 22.1 Å². The number of hydrogen-bond acceptors (Lipinski definition) is 5. The molecule has 2 aromatic heterocycles. The van der Waals surface area contributed by atoms with Crippen molar-refractivity contribution in [1.29, 1.82) is 0 Å². The molecule has 6 heteroatoms. The van der Waals surface area contributed by atoms with Crippen LogP contribution in [0.4, 0.5) is 5.95 Å². The van der Waals surface area contributed by atoms with Crippen LogP contribution in [0.15, 0.2) is 30.3 Å². The van der Waals surface area contributed by atoms with Crippen molar-refractivity contribution in [3.63, 3.8) is 0 Å². The van der Waals surface area contributed by atoms with Crippen molar-refractivity contribution < 1.29 is 4.74 Å². The topological polar surface area (TPSA) is 61.0 Å². The molecule has 2 N–H and O–H groups in total. The molecule has 0 amide bonds. The molecule has 0 saturated heterocycles. The van der Waals surface area contributed by atoms with Crippen LogP contribution in [-0.4, -0.2) is 17.1 Å². The Morgan fingerprint density at radius 2 is 1.95 bits per heavy atom. The number of methoxy groups -OCH3 is 1. The van der Waals surface area contributed by atoms with Crippen LogP contribution in [0, 0.1) is 0 Å². The number of halogens is 1. The third-order valence-corrected chi connectivity index (χ3v) is 4.29. The smallest absolute Gasteiger partial charge is 0.222 e. The predicted molar refractivity (Wildman–Crippen MR) is 78.8 cm³/mol. The zero-order valence-electron chi connectivity index (χ0n) is 10.1. The van der Waals surface area contributed by atoms with Crippen LogP contribution in [0.25, 0.3) is 20.7 Å². The van der Waals surface area contributed by atoms with Gasteiger partial charge < -0.3 is 10.5 Å². The van der Waals surface area contributed by atoms with Gasteiger partial charge >= 0.3 is 0 Å². The predicted octanol–water partition coefficient (Wildman–Crippen LogP) is 3.60. The second kappa shape index (κ2) is 4.68. The van der Waals surface area contributed by atoms with Gasteiger partial charge in [-0.25, -0.2) is 4.98 Å². The quantitative estimate of drug-likeness (QED) is 0.733. The van der Waals surface area contributed by atoms with Gasteiger partial charge in [0.2, 0.25) is 5.95 Å². The summed E-state index contributed by atoms with van der Waals surface area (Å²) in [4.78, 5) is 9.21. The number of thiophene rings is 1.